The third-order valence-corrected chi connectivity index (χ3v) is 6.47. The molecule has 1 aliphatic carbocycles. The summed E-state index contributed by atoms with van der Waals surface area (Å²) >= 11 is 0. The van der Waals surface area contributed by atoms with Crippen LogP contribution in [0.15, 0.2) is 21.7 Å². The zero-order valence-electron chi connectivity index (χ0n) is 17.1. The molecule has 3 N–H and O–H groups in total. The van der Waals surface area contributed by atoms with E-state index in [4.69, 9.17) is 11.1 Å². The largest absolute Gasteiger partial charge is 0.370 e. The molecule has 2 aromatic rings. The molecule has 4 rings (SSSR count). The quantitative estimate of drug-likeness (QED) is 0.538. The molecule has 2 fully saturated rings. The number of aromatic nitrogens is 2. The lowest BCUT2D eigenvalue weighted by Crippen LogP contribution is -2.60. The lowest BCUT2D eigenvalue weighted by atomic mass is 9.76. The molecule has 1 aromatic heterocycles. The van der Waals surface area contributed by atoms with E-state index in [-0.39, 0.29) is 11.5 Å². The van der Waals surface area contributed by atoms with E-state index < -0.39 is 11.2 Å². The highest BCUT2D eigenvalue weighted by atomic mass is 16.2. The minimum atomic E-state index is -0.440. The summed E-state index contributed by atoms with van der Waals surface area (Å²) in [6.45, 7) is 7.62. The molecular weight excluding hydrogens is 368 g/mol. The Kier molecular flexibility index (Phi) is 4.87. The topological polar surface area (TPSA) is 109 Å². The van der Waals surface area contributed by atoms with Crippen LogP contribution in [0.1, 0.15) is 44.2 Å². The van der Waals surface area contributed by atoms with Crippen LogP contribution < -0.4 is 27.3 Å². The number of nitrogen functional groups attached to an aromatic ring is 1. The van der Waals surface area contributed by atoms with Gasteiger partial charge in [0.05, 0.1) is 17.0 Å². The minimum absolute atomic E-state index is 0.129. The number of nitrogens with zero attached hydrogens (tertiary/aromatic N) is 4. The van der Waals surface area contributed by atoms with Crippen molar-refractivity contribution in [3.63, 3.8) is 0 Å². The first-order valence-electron chi connectivity index (χ1n) is 10.3. The number of hydrogen-bond acceptors (Lipinski definition) is 6. The Labute approximate surface area is 169 Å². The van der Waals surface area contributed by atoms with Crippen LogP contribution in [0.4, 0.5) is 5.69 Å². The fraction of sp³-hybridized carbons (Fsp3) is 0.571. The number of benzene rings is 1. The number of nitriles is 1. The predicted molar refractivity (Wildman–Crippen MR) is 114 cm³/mol. The Morgan fingerprint density at radius 3 is 2.66 bits per heavy atom. The minimum Gasteiger partial charge on any atom is -0.370 e. The fourth-order valence-corrected chi connectivity index (χ4v) is 4.51. The van der Waals surface area contributed by atoms with Crippen LogP contribution in [0.2, 0.25) is 0 Å². The molecule has 8 nitrogen and oxygen atoms in total. The summed E-state index contributed by atoms with van der Waals surface area (Å²) in [7, 11) is 0. The number of hydrogen-bond donors (Lipinski definition) is 2. The maximum atomic E-state index is 12.7. The van der Waals surface area contributed by atoms with Gasteiger partial charge in [0.25, 0.3) is 5.56 Å². The van der Waals surface area contributed by atoms with Gasteiger partial charge >= 0.3 is 5.69 Å². The summed E-state index contributed by atoms with van der Waals surface area (Å²) in [4.78, 5) is 27.6. The van der Waals surface area contributed by atoms with Gasteiger partial charge in [-0.15, -0.1) is 0 Å². The molecule has 1 aliphatic heterocycles. The normalized spacial score (nSPS) is 17.9. The van der Waals surface area contributed by atoms with E-state index in [1.54, 1.807) is 10.6 Å². The Morgan fingerprint density at radius 2 is 2.03 bits per heavy atom. The van der Waals surface area contributed by atoms with Gasteiger partial charge in [0, 0.05) is 49.7 Å². The van der Waals surface area contributed by atoms with Crippen molar-refractivity contribution in [2.24, 2.45) is 5.41 Å². The summed E-state index contributed by atoms with van der Waals surface area (Å²) in [6, 6.07) is 6.07. The number of nitrogens with two attached hydrogens (primary N) is 1. The number of aryl methyl sites for hydroxylation is 1. The maximum absolute atomic E-state index is 12.7. The van der Waals surface area contributed by atoms with Crippen LogP contribution >= 0.6 is 0 Å². The molecule has 1 saturated heterocycles. The Morgan fingerprint density at radius 1 is 1.31 bits per heavy atom. The van der Waals surface area contributed by atoms with Gasteiger partial charge in [-0.25, -0.2) is 4.79 Å². The van der Waals surface area contributed by atoms with Crippen LogP contribution in [0, 0.1) is 23.7 Å². The first kappa shape index (κ1) is 19.5. The van der Waals surface area contributed by atoms with Gasteiger partial charge in [-0.2, -0.15) is 9.94 Å². The highest BCUT2D eigenvalue weighted by Crippen LogP contribution is 2.41. The molecule has 0 amide bonds. The van der Waals surface area contributed by atoms with Gasteiger partial charge in [0.2, 0.25) is 0 Å². The number of rotatable bonds is 7. The van der Waals surface area contributed by atoms with E-state index in [2.05, 4.69) is 23.2 Å². The molecule has 0 bridgehead atoms. The third kappa shape index (κ3) is 3.19. The second-order valence-electron chi connectivity index (χ2n) is 8.46. The van der Waals surface area contributed by atoms with Crippen LogP contribution in [0.5, 0.6) is 0 Å². The second-order valence-corrected chi connectivity index (χ2v) is 8.46. The molecule has 0 atom stereocenters. The van der Waals surface area contributed by atoms with Crippen LogP contribution in [-0.2, 0) is 0 Å². The van der Waals surface area contributed by atoms with Crippen molar-refractivity contribution in [3.05, 3.63) is 38.5 Å². The molecular formula is C21H28N6O2. The zero-order chi connectivity index (χ0) is 20.8. The van der Waals surface area contributed by atoms with Crippen molar-refractivity contribution in [2.45, 2.75) is 45.6 Å². The molecule has 1 saturated carbocycles. The highest BCUT2D eigenvalue weighted by molar-refractivity contribution is 5.87. The monoisotopic (exact) mass is 396 g/mol. The van der Waals surface area contributed by atoms with Crippen molar-refractivity contribution in [2.75, 3.05) is 36.9 Å². The predicted octanol–water partition coefficient (Wildman–Crippen LogP) is 1.24. The van der Waals surface area contributed by atoms with Gasteiger partial charge in [-0.05, 0) is 43.9 Å². The van der Waals surface area contributed by atoms with E-state index in [0.717, 1.165) is 60.3 Å². The Hall–Kier alpha value is -2.79. The van der Waals surface area contributed by atoms with Gasteiger partial charge in [0.15, 0.2) is 0 Å². The van der Waals surface area contributed by atoms with Gasteiger partial charge in [-0.3, -0.25) is 9.36 Å². The molecule has 1 aromatic carbocycles. The van der Waals surface area contributed by atoms with E-state index >= 15 is 0 Å². The smallest absolute Gasteiger partial charge is 0.350 e. The Balaban J connectivity index is 1.67. The molecule has 2 aliphatic rings. The maximum Gasteiger partial charge on any atom is 0.350 e. The number of nitrogens with one attached hydrogen (secondary N) is 1. The van der Waals surface area contributed by atoms with Gasteiger partial charge in [0.1, 0.15) is 0 Å². The second kappa shape index (κ2) is 7.23. The summed E-state index contributed by atoms with van der Waals surface area (Å²) < 4.78 is 2.45. The van der Waals surface area contributed by atoms with Gasteiger partial charge in [-0.1, -0.05) is 6.92 Å². The Bertz CT molecular complexity index is 1100. The first-order valence-corrected chi connectivity index (χ1v) is 10.3. The van der Waals surface area contributed by atoms with Crippen molar-refractivity contribution >= 4 is 16.6 Å². The molecule has 8 heteroatoms. The molecule has 0 spiro atoms. The summed E-state index contributed by atoms with van der Waals surface area (Å²) in [5, 5.41) is 12.6. The van der Waals surface area contributed by atoms with E-state index in [1.165, 1.54) is 0 Å². The van der Waals surface area contributed by atoms with Crippen molar-refractivity contribution in [1.29, 1.82) is 5.26 Å². The van der Waals surface area contributed by atoms with Crippen LogP contribution in [-0.4, -0.2) is 35.4 Å². The third-order valence-electron chi connectivity index (χ3n) is 6.47. The van der Waals surface area contributed by atoms with E-state index in [0.29, 0.717) is 18.4 Å². The average molecular weight is 396 g/mol. The van der Waals surface area contributed by atoms with Crippen molar-refractivity contribution in [3.8, 4) is 6.07 Å². The van der Waals surface area contributed by atoms with Gasteiger partial charge < -0.3 is 16.1 Å². The summed E-state index contributed by atoms with van der Waals surface area (Å²) in [5.41, 5.74) is 2.08. The first-order chi connectivity index (χ1) is 13.9. The lowest BCUT2D eigenvalue weighted by Gasteiger charge is -2.52. The molecule has 0 radical (unpaired) electrons. The number of anilines is 1. The molecule has 29 heavy (non-hydrogen) atoms. The van der Waals surface area contributed by atoms with Crippen molar-refractivity contribution < 1.29 is 0 Å². The summed E-state index contributed by atoms with van der Waals surface area (Å²) in [6.07, 6.45) is 3.45. The molecule has 154 valence electrons. The van der Waals surface area contributed by atoms with E-state index in [9.17, 15) is 9.59 Å². The lowest BCUT2D eigenvalue weighted by molar-refractivity contribution is 0.196. The fourth-order valence-electron chi connectivity index (χ4n) is 4.51. The standard InChI is InChI=1S/C21H28N6O2/c1-3-21(11-24-10-4-9-22)12-25(13-21)17-8-7-16-18(14(17)2)26(15-5-6-15)20(29)27(23)19(16)28/h7-8,15,24H,3-6,10-13,23H2,1-2H3. The van der Waals surface area contributed by atoms with E-state index in [1.807, 2.05) is 13.0 Å². The summed E-state index contributed by atoms with van der Waals surface area (Å²) in [5.74, 6) is 5.75. The molecule has 0 unspecified atom stereocenters. The van der Waals surface area contributed by atoms with Crippen LogP contribution in [0.25, 0.3) is 10.9 Å². The number of fused-ring (bicyclic) bond motifs is 1. The van der Waals surface area contributed by atoms with Crippen molar-refractivity contribution in [1.82, 2.24) is 14.6 Å². The van der Waals surface area contributed by atoms with Crippen LogP contribution in [0.3, 0.4) is 0 Å². The SMILES string of the molecule is CCC1(CNCCC#N)CN(c2ccc3c(=O)n(N)c(=O)n(C4CC4)c3c2C)C1. The molecule has 2 heterocycles. The highest BCUT2D eigenvalue weighted by Gasteiger charge is 2.42. The zero-order valence-corrected chi connectivity index (χ0v) is 17.1. The average Bonchev–Trinajstić information content (AvgIpc) is 3.51.